The zero-order valence-electron chi connectivity index (χ0n) is 13.2. The Morgan fingerprint density at radius 2 is 2.00 bits per heavy atom. The lowest BCUT2D eigenvalue weighted by Gasteiger charge is -2.24. The molecule has 0 spiro atoms. The van der Waals surface area contributed by atoms with Gasteiger partial charge >= 0.3 is 6.18 Å². The Morgan fingerprint density at radius 1 is 1.30 bits per heavy atom. The van der Waals surface area contributed by atoms with Crippen LogP contribution in [0, 0.1) is 11.8 Å². The summed E-state index contributed by atoms with van der Waals surface area (Å²) in [4.78, 5) is 12.1. The van der Waals surface area contributed by atoms with Gasteiger partial charge in [-0.15, -0.1) is 0 Å². The summed E-state index contributed by atoms with van der Waals surface area (Å²) < 4.78 is 38.2. The lowest BCUT2D eigenvalue weighted by Crippen LogP contribution is -2.41. The largest absolute Gasteiger partial charge is 0.395 e. The minimum Gasteiger partial charge on any atom is -0.328 e. The van der Waals surface area contributed by atoms with Crippen LogP contribution < -0.4 is 11.1 Å². The van der Waals surface area contributed by atoms with E-state index in [-0.39, 0.29) is 18.0 Å². The molecule has 2 aliphatic rings. The van der Waals surface area contributed by atoms with Gasteiger partial charge in [-0.25, -0.2) is 0 Å². The van der Waals surface area contributed by atoms with Crippen molar-refractivity contribution in [3.63, 3.8) is 0 Å². The lowest BCUT2D eigenvalue weighted by atomic mass is 9.85. The van der Waals surface area contributed by atoms with E-state index in [1.807, 2.05) is 0 Å². The maximum Gasteiger partial charge on any atom is 0.395 e. The number of halogens is 3. The summed E-state index contributed by atoms with van der Waals surface area (Å²) in [6.07, 6.45) is 7.08. The molecule has 2 unspecified atom stereocenters. The molecular weight excluding hydrogens is 305 g/mol. The Hall–Kier alpha value is -1.30. The van der Waals surface area contributed by atoms with Crippen molar-refractivity contribution in [2.45, 2.75) is 63.6 Å². The van der Waals surface area contributed by atoms with Crippen LogP contribution in [-0.2, 0) is 4.79 Å². The lowest BCUT2D eigenvalue weighted by molar-refractivity contribution is -0.161. The number of amides is 1. The number of allylic oxidation sites excluding steroid dienone is 4. The van der Waals surface area contributed by atoms with Gasteiger partial charge in [-0.3, -0.25) is 4.79 Å². The highest BCUT2D eigenvalue weighted by Crippen LogP contribution is 2.33. The van der Waals surface area contributed by atoms with E-state index >= 15 is 0 Å². The van der Waals surface area contributed by atoms with Gasteiger partial charge in [0.05, 0.1) is 12.0 Å². The van der Waals surface area contributed by atoms with E-state index < -0.39 is 18.1 Å². The normalized spacial score (nSPS) is 24.2. The zero-order chi connectivity index (χ0) is 16.9. The number of carbonyl (C=O) groups is 1. The molecule has 0 heterocycles. The Bertz CT molecular complexity index is 465. The van der Waals surface area contributed by atoms with E-state index in [0.29, 0.717) is 12.3 Å². The molecule has 1 amide bonds. The molecule has 0 aromatic carbocycles. The average Bonchev–Trinajstić information content (AvgIpc) is 2.53. The van der Waals surface area contributed by atoms with E-state index in [2.05, 4.69) is 5.32 Å². The van der Waals surface area contributed by atoms with Crippen LogP contribution in [0.3, 0.4) is 0 Å². The SMILES string of the molecule is NC(CCC1CCCCC1)C(=O)NC1=CC=CC(C(F)(F)F)C1. The van der Waals surface area contributed by atoms with Gasteiger partial charge in [-0.1, -0.05) is 44.3 Å². The monoisotopic (exact) mass is 330 g/mol. The molecule has 0 radical (unpaired) electrons. The predicted molar refractivity (Wildman–Crippen MR) is 83.3 cm³/mol. The summed E-state index contributed by atoms with van der Waals surface area (Å²) in [7, 11) is 0. The third-order valence-corrected chi connectivity index (χ3v) is 4.73. The van der Waals surface area contributed by atoms with Crippen LogP contribution in [0.4, 0.5) is 13.2 Å². The third-order valence-electron chi connectivity index (χ3n) is 4.73. The van der Waals surface area contributed by atoms with Gasteiger partial charge in [0.2, 0.25) is 5.91 Å². The first kappa shape index (κ1) is 18.0. The average molecular weight is 330 g/mol. The third kappa shape index (κ3) is 5.68. The number of hydrogen-bond acceptors (Lipinski definition) is 2. The van der Waals surface area contributed by atoms with Gasteiger partial charge in [-0.05, 0) is 24.8 Å². The van der Waals surface area contributed by atoms with Crippen molar-refractivity contribution in [2.24, 2.45) is 17.6 Å². The molecule has 2 atom stereocenters. The second-order valence-corrected chi connectivity index (χ2v) is 6.61. The van der Waals surface area contributed by atoms with Crippen LogP contribution in [0.1, 0.15) is 51.4 Å². The fourth-order valence-corrected chi connectivity index (χ4v) is 3.27. The van der Waals surface area contributed by atoms with Crippen molar-refractivity contribution in [1.82, 2.24) is 5.32 Å². The number of hydrogen-bond donors (Lipinski definition) is 2. The highest BCUT2D eigenvalue weighted by atomic mass is 19.4. The van der Waals surface area contributed by atoms with E-state index in [4.69, 9.17) is 5.73 Å². The van der Waals surface area contributed by atoms with Crippen LogP contribution in [0.5, 0.6) is 0 Å². The van der Waals surface area contributed by atoms with Crippen LogP contribution >= 0.6 is 0 Å². The van der Waals surface area contributed by atoms with Gasteiger partial charge in [-0.2, -0.15) is 13.2 Å². The molecule has 3 N–H and O–H groups in total. The van der Waals surface area contributed by atoms with Crippen LogP contribution in [0.2, 0.25) is 0 Å². The van der Waals surface area contributed by atoms with Crippen molar-refractivity contribution >= 4 is 5.91 Å². The van der Waals surface area contributed by atoms with Crippen molar-refractivity contribution in [3.05, 3.63) is 23.9 Å². The molecule has 0 aromatic heterocycles. The van der Waals surface area contributed by atoms with Gasteiger partial charge in [0, 0.05) is 12.1 Å². The highest BCUT2D eigenvalue weighted by Gasteiger charge is 2.39. The maximum atomic E-state index is 12.7. The molecule has 23 heavy (non-hydrogen) atoms. The summed E-state index contributed by atoms with van der Waals surface area (Å²) in [5, 5.41) is 2.55. The predicted octanol–water partition coefficient (Wildman–Crippen LogP) is 3.81. The van der Waals surface area contributed by atoms with Crippen molar-refractivity contribution in [2.75, 3.05) is 0 Å². The molecule has 0 aliphatic heterocycles. The molecule has 130 valence electrons. The summed E-state index contributed by atoms with van der Waals surface area (Å²) in [6.45, 7) is 0. The van der Waals surface area contributed by atoms with Crippen molar-refractivity contribution < 1.29 is 18.0 Å². The minimum absolute atomic E-state index is 0.235. The van der Waals surface area contributed by atoms with Crippen molar-refractivity contribution in [3.8, 4) is 0 Å². The van der Waals surface area contributed by atoms with E-state index in [1.165, 1.54) is 44.3 Å². The van der Waals surface area contributed by atoms with Crippen molar-refractivity contribution in [1.29, 1.82) is 0 Å². The molecule has 0 saturated heterocycles. The number of alkyl halides is 3. The fraction of sp³-hybridized carbons (Fsp3) is 0.706. The quantitative estimate of drug-likeness (QED) is 0.805. The molecule has 1 saturated carbocycles. The van der Waals surface area contributed by atoms with Crippen LogP contribution in [0.25, 0.3) is 0 Å². The first-order valence-electron chi connectivity index (χ1n) is 8.37. The molecule has 0 bridgehead atoms. The first-order valence-corrected chi connectivity index (χ1v) is 8.37. The number of rotatable bonds is 5. The summed E-state index contributed by atoms with van der Waals surface area (Å²) in [5.74, 6) is -1.29. The van der Waals surface area contributed by atoms with Gasteiger partial charge in [0.1, 0.15) is 0 Å². The topological polar surface area (TPSA) is 55.1 Å². The molecule has 3 nitrogen and oxygen atoms in total. The van der Waals surface area contributed by atoms with E-state index in [9.17, 15) is 18.0 Å². The molecule has 1 fully saturated rings. The Balaban J connectivity index is 1.77. The minimum atomic E-state index is -4.29. The number of carbonyl (C=O) groups excluding carboxylic acids is 1. The number of nitrogens with two attached hydrogens (primary N) is 1. The van der Waals surface area contributed by atoms with Gasteiger partial charge in [0.15, 0.2) is 0 Å². The summed E-state index contributed by atoms with van der Waals surface area (Å²) >= 11 is 0. The second kappa shape index (κ2) is 7.99. The molecular formula is C17H25F3N2O. The zero-order valence-corrected chi connectivity index (χ0v) is 13.2. The Labute approximate surface area is 135 Å². The smallest absolute Gasteiger partial charge is 0.328 e. The standard InChI is InChI=1S/C17H25F3N2O/c18-17(19,20)13-7-4-8-14(11-13)22-16(23)15(21)10-9-12-5-2-1-3-6-12/h4,7-8,12-13,15H,1-3,5-6,9-11,21H2,(H,22,23). The first-order chi connectivity index (χ1) is 10.9. The fourth-order valence-electron chi connectivity index (χ4n) is 3.27. The maximum absolute atomic E-state index is 12.7. The molecule has 2 rings (SSSR count). The Morgan fingerprint density at radius 3 is 2.65 bits per heavy atom. The van der Waals surface area contributed by atoms with E-state index in [0.717, 1.165) is 12.5 Å². The number of nitrogens with one attached hydrogen (secondary N) is 1. The summed E-state index contributed by atoms with van der Waals surface area (Å²) in [6, 6.07) is -0.659. The molecule has 2 aliphatic carbocycles. The van der Waals surface area contributed by atoms with Crippen LogP contribution in [-0.4, -0.2) is 18.1 Å². The van der Waals surface area contributed by atoms with Gasteiger partial charge < -0.3 is 11.1 Å². The molecule has 6 heteroatoms. The van der Waals surface area contributed by atoms with E-state index in [1.54, 1.807) is 0 Å². The Kier molecular flexibility index (Phi) is 6.27. The molecule has 0 aromatic rings. The van der Waals surface area contributed by atoms with Gasteiger partial charge in [0.25, 0.3) is 0 Å². The summed E-state index contributed by atoms with van der Waals surface area (Å²) in [5.41, 5.74) is 6.18. The van der Waals surface area contributed by atoms with Crippen LogP contribution in [0.15, 0.2) is 23.9 Å². The highest BCUT2D eigenvalue weighted by molar-refractivity contribution is 5.83. The second-order valence-electron chi connectivity index (χ2n) is 6.61.